The second kappa shape index (κ2) is 8.13. The first-order valence-corrected chi connectivity index (χ1v) is 8.26. The van der Waals surface area contributed by atoms with Crippen molar-refractivity contribution in [3.8, 4) is 11.6 Å². The molecule has 0 N–H and O–H groups in total. The van der Waals surface area contributed by atoms with Crippen LogP contribution in [0.4, 0.5) is 0 Å². The highest BCUT2D eigenvalue weighted by Gasteiger charge is 2.20. The third kappa shape index (κ3) is 4.69. The summed E-state index contributed by atoms with van der Waals surface area (Å²) in [4.78, 5) is 6.77. The average molecular weight is 328 g/mol. The zero-order valence-corrected chi connectivity index (χ0v) is 14.3. The standard InChI is InChI=1S/C19H24N2O3/c1-15-4-3-5-19(20-15)24-18-13-21(10-11-23-14-18)12-16-6-8-17(22-2)9-7-16/h3-9,18H,10-14H2,1-2H3/t18-/m1/s1. The highest BCUT2D eigenvalue weighted by atomic mass is 16.5. The maximum atomic E-state index is 6.02. The number of nitrogens with zero attached hydrogens (tertiary/aromatic N) is 2. The van der Waals surface area contributed by atoms with Crippen LogP contribution in [-0.2, 0) is 11.3 Å². The zero-order valence-electron chi connectivity index (χ0n) is 14.3. The van der Waals surface area contributed by atoms with Gasteiger partial charge in [0.2, 0.25) is 5.88 Å². The first-order valence-electron chi connectivity index (χ1n) is 8.26. The first kappa shape index (κ1) is 16.7. The van der Waals surface area contributed by atoms with Gasteiger partial charge in [-0.3, -0.25) is 4.90 Å². The summed E-state index contributed by atoms with van der Waals surface area (Å²) in [7, 11) is 1.68. The highest BCUT2D eigenvalue weighted by molar-refractivity contribution is 5.27. The minimum absolute atomic E-state index is 0.0138. The van der Waals surface area contributed by atoms with Crippen molar-refractivity contribution in [3.05, 3.63) is 53.7 Å². The van der Waals surface area contributed by atoms with E-state index in [9.17, 15) is 0 Å². The Morgan fingerprint density at radius 2 is 2.04 bits per heavy atom. The molecule has 0 spiro atoms. The minimum atomic E-state index is -0.0138. The number of benzene rings is 1. The van der Waals surface area contributed by atoms with E-state index in [1.54, 1.807) is 7.11 Å². The Labute approximate surface area is 143 Å². The van der Waals surface area contributed by atoms with E-state index in [2.05, 4.69) is 22.0 Å². The summed E-state index contributed by atoms with van der Waals surface area (Å²) in [6, 6.07) is 14.0. The van der Waals surface area contributed by atoms with E-state index in [0.717, 1.165) is 37.7 Å². The largest absolute Gasteiger partial charge is 0.497 e. The number of hydrogen-bond donors (Lipinski definition) is 0. The molecule has 1 atom stereocenters. The molecule has 0 aliphatic carbocycles. The van der Waals surface area contributed by atoms with Crippen LogP contribution < -0.4 is 9.47 Å². The van der Waals surface area contributed by atoms with Crippen LogP contribution in [0.2, 0.25) is 0 Å². The van der Waals surface area contributed by atoms with Gasteiger partial charge < -0.3 is 14.2 Å². The number of hydrogen-bond acceptors (Lipinski definition) is 5. The van der Waals surface area contributed by atoms with Crippen LogP contribution in [0, 0.1) is 6.92 Å². The molecule has 1 aliphatic heterocycles. The molecule has 0 bridgehead atoms. The molecule has 1 fully saturated rings. The number of pyridine rings is 1. The van der Waals surface area contributed by atoms with Crippen molar-refractivity contribution in [3.63, 3.8) is 0 Å². The highest BCUT2D eigenvalue weighted by Crippen LogP contribution is 2.16. The lowest BCUT2D eigenvalue weighted by Gasteiger charge is -2.23. The number of methoxy groups -OCH3 is 1. The van der Waals surface area contributed by atoms with Gasteiger partial charge in [-0.05, 0) is 30.7 Å². The third-order valence-corrected chi connectivity index (χ3v) is 4.03. The maximum Gasteiger partial charge on any atom is 0.213 e. The molecule has 2 heterocycles. The fourth-order valence-corrected chi connectivity index (χ4v) is 2.80. The van der Waals surface area contributed by atoms with Crippen molar-refractivity contribution >= 4 is 0 Å². The molecule has 1 aromatic carbocycles. The monoisotopic (exact) mass is 328 g/mol. The van der Waals surface area contributed by atoms with E-state index in [1.807, 2.05) is 37.3 Å². The van der Waals surface area contributed by atoms with Gasteiger partial charge in [0.1, 0.15) is 11.9 Å². The Hall–Kier alpha value is -2.11. The van der Waals surface area contributed by atoms with Crippen molar-refractivity contribution < 1.29 is 14.2 Å². The molecule has 0 amide bonds. The summed E-state index contributed by atoms with van der Waals surface area (Å²) >= 11 is 0. The molecule has 1 aromatic heterocycles. The summed E-state index contributed by atoms with van der Waals surface area (Å²) in [5, 5.41) is 0. The topological polar surface area (TPSA) is 43.8 Å². The predicted octanol–water partition coefficient (Wildman–Crippen LogP) is 2.68. The summed E-state index contributed by atoms with van der Waals surface area (Å²) in [5.74, 6) is 1.54. The number of aromatic nitrogens is 1. The Morgan fingerprint density at radius 1 is 1.21 bits per heavy atom. The molecule has 2 aromatic rings. The van der Waals surface area contributed by atoms with Gasteiger partial charge in [0.25, 0.3) is 0 Å². The van der Waals surface area contributed by atoms with Crippen molar-refractivity contribution in [2.75, 3.05) is 33.4 Å². The van der Waals surface area contributed by atoms with Crippen LogP contribution in [0.3, 0.4) is 0 Å². The van der Waals surface area contributed by atoms with E-state index in [0.29, 0.717) is 12.5 Å². The molecule has 0 unspecified atom stereocenters. The normalized spacial score (nSPS) is 18.8. The van der Waals surface area contributed by atoms with E-state index in [1.165, 1.54) is 5.56 Å². The van der Waals surface area contributed by atoms with Gasteiger partial charge in [0.15, 0.2) is 0 Å². The van der Waals surface area contributed by atoms with Crippen molar-refractivity contribution in [1.82, 2.24) is 9.88 Å². The van der Waals surface area contributed by atoms with Crippen LogP contribution >= 0.6 is 0 Å². The molecule has 0 radical (unpaired) electrons. The van der Waals surface area contributed by atoms with Crippen molar-refractivity contribution in [1.29, 1.82) is 0 Å². The summed E-state index contributed by atoms with van der Waals surface area (Å²) in [6.07, 6.45) is -0.0138. The molecular formula is C19H24N2O3. The zero-order chi connectivity index (χ0) is 16.8. The summed E-state index contributed by atoms with van der Waals surface area (Å²) in [5.41, 5.74) is 2.21. The van der Waals surface area contributed by atoms with E-state index in [4.69, 9.17) is 14.2 Å². The summed E-state index contributed by atoms with van der Waals surface area (Å²) in [6.45, 7) is 5.86. The maximum absolute atomic E-state index is 6.02. The van der Waals surface area contributed by atoms with Gasteiger partial charge in [0.05, 0.1) is 20.3 Å². The Kier molecular flexibility index (Phi) is 5.67. The molecule has 128 valence electrons. The first-order chi connectivity index (χ1) is 11.7. The van der Waals surface area contributed by atoms with Gasteiger partial charge in [0, 0.05) is 31.4 Å². The lowest BCUT2D eigenvalue weighted by atomic mass is 10.2. The Balaban J connectivity index is 1.61. The lowest BCUT2D eigenvalue weighted by molar-refractivity contribution is 0.0682. The summed E-state index contributed by atoms with van der Waals surface area (Å²) < 4.78 is 16.9. The lowest BCUT2D eigenvalue weighted by Crippen LogP contribution is -2.35. The molecule has 1 aliphatic rings. The number of rotatable bonds is 5. The van der Waals surface area contributed by atoms with Crippen LogP contribution in [0.5, 0.6) is 11.6 Å². The molecule has 0 saturated carbocycles. The molecule has 1 saturated heterocycles. The third-order valence-electron chi connectivity index (χ3n) is 4.03. The molecule has 5 nitrogen and oxygen atoms in total. The predicted molar refractivity (Wildman–Crippen MR) is 92.5 cm³/mol. The van der Waals surface area contributed by atoms with Crippen molar-refractivity contribution in [2.24, 2.45) is 0 Å². The molecule has 24 heavy (non-hydrogen) atoms. The fraction of sp³-hybridized carbons (Fsp3) is 0.421. The Bertz CT molecular complexity index is 645. The van der Waals surface area contributed by atoms with Gasteiger partial charge in [-0.2, -0.15) is 0 Å². The van der Waals surface area contributed by atoms with Crippen LogP contribution in [-0.4, -0.2) is 49.4 Å². The van der Waals surface area contributed by atoms with Gasteiger partial charge in [-0.1, -0.05) is 18.2 Å². The SMILES string of the molecule is COc1ccc(CN2CCOC[C@H](Oc3cccc(C)n3)C2)cc1. The smallest absolute Gasteiger partial charge is 0.213 e. The average Bonchev–Trinajstić information content (AvgIpc) is 2.80. The van der Waals surface area contributed by atoms with Gasteiger partial charge in [-0.25, -0.2) is 4.98 Å². The Morgan fingerprint density at radius 3 is 2.79 bits per heavy atom. The minimum Gasteiger partial charge on any atom is -0.497 e. The second-order valence-electron chi connectivity index (χ2n) is 6.02. The van der Waals surface area contributed by atoms with Crippen LogP contribution in [0.1, 0.15) is 11.3 Å². The van der Waals surface area contributed by atoms with E-state index >= 15 is 0 Å². The quantitative estimate of drug-likeness (QED) is 0.844. The molecule has 5 heteroatoms. The second-order valence-corrected chi connectivity index (χ2v) is 6.02. The van der Waals surface area contributed by atoms with Crippen LogP contribution in [0.15, 0.2) is 42.5 Å². The molecular weight excluding hydrogens is 304 g/mol. The number of ether oxygens (including phenoxy) is 3. The van der Waals surface area contributed by atoms with Gasteiger partial charge in [-0.15, -0.1) is 0 Å². The van der Waals surface area contributed by atoms with Gasteiger partial charge >= 0.3 is 0 Å². The van der Waals surface area contributed by atoms with E-state index < -0.39 is 0 Å². The van der Waals surface area contributed by atoms with Crippen LogP contribution in [0.25, 0.3) is 0 Å². The fourth-order valence-electron chi connectivity index (χ4n) is 2.80. The number of aryl methyl sites for hydroxylation is 1. The van der Waals surface area contributed by atoms with Crippen molar-refractivity contribution in [2.45, 2.75) is 19.6 Å². The molecule has 3 rings (SSSR count). The van der Waals surface area contributed by atoms with E-state index in [-0.39, 0.29) is 6.10 Å².